The minimum atomic E-state index is 0.676. The maximum absolute atomic E-state index is 5.48. The molecule has 1 aromatic heterocycles. The van der Waals surface area contributed by atoms with Gasteiger partial charge in [-0.15, -0.1) is 0 Å². The fraction of sp³-hybridized carbons (Fsp3) is 0.692. The molecule has 1 aliphatic rings. The number of nitrogens with zero attached hydrogens (tertiary/aromatic N) is 4. The summed E-state index contributed by atoms with van der Waals surface area (Å²) in [6.45, 7) is 3.27. The Morgan fingerprint density at radius 1 is 1.40 bits per heavy atom. The standard InChI is InChI=1S/C13H24N6S/c1-18(2)9-10-4-6-19(7-5-10)12-8-11(17-14)15-13(16-12)20-3/h8,10H,4-7,9,14H2,1-3H3,(H,15,16,17). The first kappa shape index (κ1) is 15.3. The molecule has 3 N–H and O–H groups in total. The summed E-state index contributed by atoms with van der Waals surface area (Å²) in [6, 6.07) is 1.92. The van der Waals surface area contributed by atoms with Crippen LogP contribution in [0.5, 0.6) is 0 Å². The van der Waals surface area contributed by atoms with Crippen LogP contribution in [0.25, 0.3) is 0 Å². The van der Waals surface area contributed by atoms with Crippen molar-refractivity contribution in [1.29, 1.82) is 0 Å². The van der Waals surface area contributed by atoms with Gasteiger partial charge < -0.3 is 15.2 Å². The third kappa shape index (κ3) is 3.97. The summed E-state index contributed by atoms with van der Waals surface area (Å²) in [6.07, 6.45) is 4.40. The van der Waals surface area contributed by atoms with Crippen molar-refractivity contribution in [1.82, 2.24) is 14.9 Å². The van der Waals surface area contributed by atoms with Gasteiger partial charge in [-0.1, -0.05) is 11.8 Å². The summed E-state index contributed by atoms with van der Waals surface area (Å²) in [5.41, 5.74) is 2.62. The van der Waals surface area contributed by atoms with E-state index in [1.54, 1.807) is 0 Å². The normalized spacial score (nSPS) is 16.8. The Labute approximate surface area is 125 Å². The van der Waals surface area contributed by atoms with Crippen molar-refractivity contribution < 1.29 is 0 Å². The number of anilines is 2. The van der Waals surface area contributed by atoms with Crippen LogP contribution in [0.1, 0.15) is 12.8 Å². The molecule has 20 heavy (non-hydrogen) atoms. The number of nitrogens with one attached hydrogen (secondary N) is 1. The van der Waals surface area contributed by atoms with Crippen LogP contribution in [0.15, 0.2) is 11.2 Å². The van der Waals surface area contributed by atoms with Crippen molar-refractivity contribution in [3.8, 4) is 0 Å². The van der Waals surface area contributed by atoms with Gasteiger partial charge in [0.2, 0.25) is 0 Å². The van der Waals surface area contributed by atoms with E-state index < -0.39 is 0 Å². The molecule has 7 heteroatoms. The van der Waals surface area contributed by atoms with E-state index in [0.717, 1.165) is 30.0 Å². The average Bonchev–Trinajstić information content (AvgIpc) is 2.46. The largest absolute Gasteiger partial charge is 0.356 e. The van der Waals surface area contributed by atoms with Gasteiger partial charge >= 0.3 is 0 Å². The van der Waals surface area contributed by atoms with E-state index in [2.05, 4.69) is 39.3 Å². The summed E-state index contributed by atoms with van der Waals surface area (Å²) in [4.78, 5) is 13.5. The lowest BCUT2D eigenvalue weighted by Gasteiger charge is -2.34. The smallest absolute Gasteiger partial charge is 0.191 e. The molecule has 1 aliphatic heterocycles. The molecule has 112 valence electrons. The molecule has 0 saturated carbocycles. The zero-order chi connectivity index (χ0) is 14.5. The summed E-state index contributed by atoms with van der Waals surface area (Å²) in [5.74, 6) is 7.91. The second-order valence-corrected chi connectivity index (χ2v) is 6.21. The van der Waals surface area contributed by atoms with Crippen molar-refractivity contribution in [2.75, 3.05) is 50.3 Å². The van der Waals surface area contributed by atoms with E-state index in [4.69, 9.17) is 5.84 Å². The molecule has 0 atom stereocenters. The number of nitrogens with two attached hydrogens (primary N) is 1. The van der Waals surface area contributed by atoms with Crippen LogP contribution >= 0.6 is 11.8 Å². The topological polar surface area (TPSA) is 70.3 Å². The zero-order valence-corrected chi connectivity index (χ0v) is 13.3. The number of piperidine rings is 1. The van der Waals surface area contributed by atoms with Crippen LogP contribution < -0.4 is 16.2 Å². The third-order valence-corrected chi connectivity index (χ3v) is 4.13. The first-order chi connectivity index (χ1) is 9.62. The van der Waals surface area contributed by atoms with Crippen molar-refractivity contribution in [2.24, 2.45) is 11.8 Å². The summed E-state index contributed by atoms with van der Waals surface area (Å²) in [7, 11) is 4.28. The number of hydrogen-bond donors (Lipinski definition) is 2. The molecule has 2 heterocycles. The molecule has 0 spiro atoms. The highest BCUT2D eigenvalue weighted by Gasteiger charge is 2.21. The van der Waals surface area contributed by atoms with Crippen molar-refractivity contribution >= 4 is 23.4 Å². The number of thioether (sulfide) groups is 1. The van der Waals surface area contributed by atoms with Crippen molar-refractivity contribution in [3.05, 3.63) is 6.07 Å². The molecule has 1 fully saturated rings. The van der Waals surface area contributed by atoms with Gasteiger partial charge in [-0.2, -0.15) is 0 Å². The van der Waals surface area contributed by atoms with E-state index in [0.29, 0.717) is 5.82 Å². The maximum Gasteiger partial charge on any atom is 0.191 e. The summed E-state index contributed by atoms with van der Waals surface area (Å²) >= 11 is 1.53. The van der Waals surface area contributed by atoms with Crippen LogP contribution in [0, 0.1) is 5.92 Å². The number of hydrazine groups is 1. The highest BCUT2D eigenvalue weighted by molar-refractivity contribution is 7.98. The molecule has 6 nitrogen and oxygen atoms in total. The molecule has 0 unspecified atom stereocenters. The predicted octanol–water partition coefficient (Wildman–Crippen LogP) is 1.26. The van der Waals surface area contributed by atoms with E-state index in [1.165, 1.54) is 31.1 Å². The van der Waals surface area contributed by atoms with Crippen LogP contribution in [0.2, 0.25) is 0 Å². The Hall–Kier alpha value is -1.05. The maximum atomic E-state index is 5.48. The molecule has 0 amide bonds. The molecule has 0 radical (unpaired) electrons. The van der Waals surface area contributed by atoms with Crippen molar-refractivity contribution in [2.45, 2.75) is 18.0 Å². The van der Waals surface area contributed by atoms with Gasteiger partial charge in [0.15, 0.2) is 5.16 Å². The van der Waals surface area contributed by atoms with Gasteiger partial charge in [0, 0.05) is 25.7 Å². The molecule has 2 rings (SSSR count). The van der Waals surface area contributed by atoms with E-state index in [1.807, 2.05) is 12.3 Å². The zero-order valence-electron chi connectivity index (χ0n) is 12.5. The second kappa shape index (κ2) is 7.10. The monoisotopic (exact) mass is 296 g/mol. The lowest BCUT2D eigenvalue weighted by atomic mass is 9.96. The summed E-state index contributed by atoms with van der Waals surface area (Å²) in [5, 5.41) is 0.755. The quantitative estimate of drug-likeness (QED) is 0.367. The Morgan fingerprint density at radius 2 is 2.10 bits per heavy atom. The third-order valence-electron chi connectivity index (χ3n) is 3.58. The van der Waals surface area contributed by atoms with Gasteiger partial charge in [-0.3, -0.25) is 0 Å². The first-order valence-electron chi connectivity index (χ1n) is 6.91. The highest BCUT2D eigenvalue weighted by Crippen LogP contribution is 2.25. The van der Waals surface area contributed by atoms with Crippen LogP contribution in [0.4, 0.5) is 11.6 Å². The van der Waals surface area contributed by atoms with E-state index >= 15 is 0 Å². The van der Waals surface area contributed by atoms with Crippen LogP contribution in [-0.4, -0.2) is 54.9 Å². The van der Waals surface area contributed by atoms with E-state index in [-0.39, 0.29) is 0 Å². The second-order valence-electron chi connectivity index (χ2n) is 5.44. The van der Waals surface area contributed by atoms with Crippen LogP contribution in [-0.2, 0) is 0 Å². The van der Waals surface area contributed by atoms with Gasteiger partial charge in [0.05, 0.1) is 0 Å². The molecule has 0 aliphatic carbocycles. The minimum Gasteiger partial charge on any atom is -0.356 e. The molecule has 1 saturated heterocycles. The van der Waals surface area contributed by atoms with Gasteiger partial charge in [0.25, 0.3) is 0 Å². The Morgan fingerprint density at radius 3 is 2.65 bits per heavy atom. The molecular weight excluding hydrogens is 272 g/mol. The highest BCUT2D eigenvalue weighted by atomic mass is 32.2. The Kier molecular flexibility index (Phi) is 5.45. The van der Waals surface area contributed by atoms with Crippen molar-refractivity contribution in [3.63, 3.8) is 0 Å². The van der Waals surface area contributed by atoms with Gasteiger partial charge in [-0.25, -0.2) is 15.8 Å². The SMILES string of the molecule is CSc1nc(NN)cc(N2CCC(CN(C)C)CC2)n1. The molecule has 0 bridgehead atoms. The molecular formula is C13H24N6S. The number of rotatable bonds is 5. The van der Waals surface area contributed by atoms with Gasteiger partial charge in [0.1, 0.15) is 11.6 Å². The lowest BCUT2D eigenvalue weighted by molar-refractivity contribution is 0.284. The number of nitrogen functional groups attached to an aromatic ring is 1. The number of aromatic nitrogens is 2. The fourth-order valence-electron chi connectivity index (χ4n) is 2.60. The minimum absolute atomic E-state index is 0.676. The molecule has 1 aromatic rings. The average molecular weight is 296 g/mol. The lowest BCUT2D eigenvalue weighted by Crippen LogP contribution is -2.37. The van der Waals surface area contributed by atoms with Crippen LogP contribution in [0.3, 0.4) is 0 Å². The molecule has 0 aromatic carbocycles. The van der Waals surface area contributed by atoms with E-state index in [9.17, 15) is 0 Å². The number of hydrogen-bond acceptors (Lipinski definition) is 7. The first-order valence-corrected chi connectivity index (χ1v) is 8.14. The fourth-order valence-corrected chi connectivity index (χ4v) is 2.98. The Balaban J connectivity index is 2.02. The predicted molar refractivity (Wildman–Crippen MR) is 85.1 cm³/mol. The summed E-state index contributed by atoms with van der Waals surface area (Å²) < 4.78 is 0. The Bertz CT molecular complexity index is 409. The van der Waals surface area contributed by atoms with Gasteiger partial charge in [-0.05, 0) is 39.1 Å².